The molecule has 1 N–H and O–H groups in total. The van der Waals surface area contributed by atoms with Gasteiger partial charge in [0.25, 0.3) is 0 Å². The largest absolute Gasteiger partial charge is 0.508 e. The molecule has 2 heterocycles. The smallest absolute Gasteiger partial charge is 0.126 e. The molecular weight excluding hydrogens is 380 g/mol. The molecule has 0 saturated heterocycles. The number of hydrogen-bond donors (Lipinski definition) is 1. The second-order valence-electron chi connectivity index (χ2n) is 6.25. The first-order valence-electron chi connectivity index (χ1n) is 8.46. The first-order chi connectivity index (χ1) is 13.1. The molecule has 0 saturated carbocycles. The summed E-state index contributed by atoms with van der Waals surface area (Å²) in [5.41, 5.74) is 2.98. The third-order valence-corrected chi connectivity index (χ3v) is 4.95. The highest BCUT2D eigenvalue weighted by Gasteiger charge is 2.25. The van der Waals surface area contributed by atoms with Gasteiger partial charge in [-0.2, -0.15) is 0 Å². The summed E-state index contributed by atoms with van der Waals surface area (Å²) < 4.78 is 7.95. The zero-order valence-corrected chi connectivity index (χ0v) is 16.0. The van der Waals surface area contributed by atoms with Gasteiger partial charge in [-0.15, -0.1) is 0 Å². The summed E-state index contributed by atoms with van der Waals surface area (Å²) in [6.07, 6.45) is 3.71. The highest BCUT2D eigenvalue weighted by Crippen LogP contribution is 2.29. The van der Waals surface area contributed by atoms with Crippen molar-refractivity contribution < 1.29 is 9.84 Å². The van der Waals surface area contributed by atoms with Gasteiger partial charge in [-0.3, -0.25) is 0 Å². The van der Waals surface area contributed by atoms with Crippen LogP contribution in [0.1, 0.15) is 11.3 Å². The summed E-state index contributed by atoms with van der Waals surface area (Å²) in [6.45, 7) is 1.25. The summed E-state index contributed by atoms with van der Waals surface area (Å²) >= 11 is 11.8. The summed E-state index contributed by atoms with van der Waals surface area (Å²) in [5.74, 6) is 0.836. The third-order valence-electron chi connectivity index (χ3n) is 4.36. The Bertz CT molecular complexity index is 1010. The Kier molecular flexibility index (Phi) is 4.88. The van der Waals surface area contributed by atoms with Gasteiger partial charge >= 0.3 is 0 Å². The average molecular weight is 397 g/mol. The van der Waals surface area contributed by atoms with Crippen molar-refractivity contribution in [1.29, 1.82) is 0 Å². The highest BCUT2D eigenvalue weighted by molar-refractivity contribution is 7.80. The number of aromatic hydroxyl groups is 1. The molecule has 0 fully saturated rings. The molecule has 2 aromatic carbocycles. The Morgan fingerprint density at radius 2 is 1.93 bits per heavy atom. The number of rotatable bonds is 4. The van der Waals surface area contributed by atoms with E-state index in [-0.39, 0.29) is 5.75 Å². The lowest BCUT2D eigenvalue weighted by atomic mass is 10.1. The topological polar surface area (TPSA) is 37.6 Å². The van der Waals surface area contributed by atoms with Crippen LogP contribution in [0.4, 0.5) is 0 Å². The number of halogens is 1. The first kappa shape index (κ1) is 17.6. The van der Waals surface area contributed by atoms with Crippen LogP contribution < -0.4 is 4.74 Å². The van der Waals surface area contributed by atoms with Crippen molar-refractivity contribution in [3.05, 3.63) is 89.4 Å². The van der Waals surface area contributed by atoms with Crippen LogP contribution in [0.3, 0.4) is 0 Å². The minimum absolute atomic E-state index is 0.199. The van der Waals surface area contributed by atoms with Gasteiger partial charge in [0.15, 0.2) is 0 Å². The van der Waals surface area contributed by atoms with E-state index in [1.807, 2.05) is 42.6 Å². The Balaban J connectivity index is 1.68. The second-order valence-corrected chi connectivity index (χ2v) is 7.15. The van der Waals surface area contributed by atoms with Crippen molar-refractivity contribution in [1.82, 2.24) is 9.47 Å². The van der Waals surface area contributed by atoms with Crippen molar-refractivity contribution >= 4 is 34.5 Å². The van der Waals surface area contributed by atoms with E-state index in [1.165, 1.54) is 0 Å². The second kappa shape index (κ2) is 7.47. The van der Waals surface area contributed by atoms with Crippen LogP contribution in [0.5, 0.6) is 11.5 Å². The average Bonchev–Trinajstić information content (AvgIpc) is 3.11. The van der Waals surface area contributed by atoms with E-state index in [4.69, 9.17) is 28.6 Å². The molecule has 0 aliphatic carbocycles. The van der Waals surface area contributed by atoms with Crippen molar-refractivity contribution in [3.8, 4) is 11.5 Å². The number of nitrogens with zero attached hydrogens (tertiary/aromatic N) is 2. The number of phenols is 1. The predicted octanol–water partition coefficient (Wildman–Crippen LogP) is 5.07. The SMILES string of the molecule is Oc1ccc(O/C=C2\c3cccn3CC(=S)N2Cc2cccc(Cl)c2)cc1. The van der Waals surface area contributed by atoms with Crippen LogP contribution in [0.15, 0.2) is 73.1 Å². The lowest BCUT2D eigenvalue weighted by Gasteiger charge is -2.33. The normalized spacial score (nSPS) is 15.1. The zero-order valence-electron chi connectivity index (χ0n) is 14.4. The molecule has 4 rings (SSSR count). The Morgan fingerprint density at radius 1 is 1.11 bits per heavy atom. The molecule has 6 heteroatoms. The summed E-state index contributed by atoms with van der Waals surface area (Å²) in [6, 6.07) is 18.4. The molecule has 136 valence electrons. The van der Waals surface area contributed by atoms with Crippen molar-refractivity contribution in [2.24, 2.45) is 0 Å². The molecule has 3 aromatic rings. The Hall–Kier alpha value is -2.76. The van der Waals surface area contributed by atoms with E-state index < -0.39 is 0 Å². The molecule has 4 nitrogen and oxygen atoms in total. The van der Waals surface area contributed by atoms with Crippen molar-refractivity contribution in [2.75, 3.05) is 0 Å². The molecule has 0 radical (unpaired) electrons. The monoisotopic (exact) mass is 396 g/mol. The Labute approximate surface area is 167 Å². The molecule has 1 aliphatic heterocycles. The molecular formula is C21H17ClN2O2S. The number of thiocarbonyl (C=S) groups is 1. The Morgan fingerprint density at radius 3 is 2.70 bits per heavy atom. The maximum atomic E-state index is 9.43. The first-order valence-corrected chi connectivity index (χ1v) is 9.25. The van der Waals surface area contributed by atoms with Crippen LogP contribution in [0, 0.1) is 0 Å². The summed E-state index contributed by atoms with van der Waals surface area (Å²) in [4.78, 5) is 2.87. The quantitative estimate of drug-likeness (QED) is 0.493. The molecule has 1 aromatic heterocycles. The lowest BCUT2D eigenvalue weighted by Crippen LogP contribution is -2.36. The van der Waals surface area contributed by atoms with Gasteiger partial charge in [0.2, 0.25) is 0 Å². The van der Waals surface area contributed by atoms with Crippen LogP contribution in [-0.4, -0.2) is 19.6 Å². The van der Waals surface area contributed by atoms with Gasteiger partial charge in [0.1, 0.15) is 28.4 Å². The minimum Gasteiger partial charge on any atom is -0.508 e. The van der Waals surface area contributed by atoms with E-state index >= 15 is 0 Å². The molecule has 0 unspecified atom stereocenters. The molecule has 0 spiro atoms. The standard InChI is InChI=1S/C21H17ClN2O2S/c22-16-4-1-3-15(11-16)12-24-20(14-26-18-8-6-17(25)7-9-18)19-5-2-10-23(19)13-21(24)27/h1-11,14,25H,12-13H2/b20-14+. The molecule has 27 heavy (non-hydrogen) atoms. The van der Waals surface area contributed by atoms with Gasteiger partial charge < -0.3 is 19.3 Å². The summed E-state index contributed by atoms with van der Waals surface area (Å²) in [5, 5.41) is 10.1. The van der Waals surface area contributed by atoms with E-state index in [1.54, 1.807) is 30.5 Å². The van der Waals surface area contributed by atoms with Gasteiger partial charge in [0, 0.05) is 17.8 Å². The van der Waals surface area contributed by atoms with Gasteiger partial charge in [-0.05, 0) is 54.1 Å². The molecule has 1 aliphatic rings. The third kappa shape index (κ3) is 3.84. The number of fused-ring (bicyclic) bond motifs is 1. The van der Waals surface area contributed by atoms with E-state index in [0.29, 0.717) is 23.9 Å². The van der Waals surface area contributed by atoms with Crippen LogP contribution in [0.2, 0.25) is 5.02 Å². The number of ether oxygens (including phenoxy) is 1. The van der Waals surface area contributed by atoms with Crippen LogP contribution >= 0.6 is 23.8 Å². The van der Waals surface area contributed by atoms with Crippen molar-refractivity contribution in [3.63, 3.8) is 0 Å². The maximum absolute atomic E-state index is 9.43. The van der Waals surface area contributed by atoms with Crippen LogP contribution in [0.25, 0.3) is 5.70 Å². The lowest BCUT2D eigenvalue weighted by molar-refractivity contribution is 0.451. The maximum Gasteiger partial charge on any atom is 0.126 e. The van der Waals surface area contributed by atoms with E-state index in [0.717, 1.165) is 21.9 Å². The summed E-state index contributed by atoms with van der Waals surface area (Å²) in [7, 11) is 0. The molecule has 0 atom stereocenters. The van der Waals surface area contributed by atoms with Crippen LogP contribution in [-0.2, 0) is 13.1 Å². The predicted molar refractivity (Wildman–Crippen MR) is 111 cm³/mol. The number of hydrogen-bond acceptors (Lipinski definition) is 3. The fourth-order valence-corrected chi connectivity index (χ4v) is 3.57. The molecule has 0 bridgehead atoms. The van der Waals surface area contributed by atoms with Gasteiger partial charge in [-0.25, -0.2) is 0 Å². The highest BCUT2D eigenvalue weighted by atomic mass is 35.5. The van der Waals surface area contributed by atoms with Crippen molar-refractivity contribution in [2.45, 2.75) is 13.1 Å². The number of aromatic nitrogens is 1. The van der Waals surface area contributed by atoms with E-state index in [2.05, 4.69) is 9.47 Å². The fraction of sp³-hybridized carbons (Fsp3) is 0.0952. The molecule has 0 amide bonds. The number of phenolic OH excluding ortho intramolecular Hbond substituents is 1. The van der Waals surface area contributed by atoms with E-state index in [9.17, 15) is 5.11 Å². The van der Waals surface area contributed by atoms with Gasteiger partial charge in [0.05, 0.1) is 12.2 Å². The fourth-order valence-electron chi connectivity index (χ4n) is 3.05. The zero-order chi connectivity index (χ0) is 18.8. The minimum atomic E-state index is 0.199. The van der Waals surface area contributed by atoms with Gasteiger partial charge in [-0.1, -0.05) is 36.0 Å². The number of benzene rings is 2.